The molecule has 0 saturated heterocycles. The Morgan fingerprint density at radius 2 is 2.12 bits per heavy atom. The van der Waals surface area contributed by atoms with Crippen LogP contribution < -0.4 is 5.32 Å². The number of nitrogens with one attached hydrogen (secondary N) is 1. The molecule has 0 spiro atoms. The Balaban J connectivity index is 4.29. The van der Waals surface area contributed by atoms with E-state index in [4.69, 9.17) is 9.84 Å². The lowest BCUT2D eigenvalue weighted by Gasteiger charge is -2.21. The van der Waals surface area contributed by atoms with Gasteiger partial charge in [-0.3, -0.25) is 4.79 Å². The molecular weight excluding hydrogens is 222 g/mol. The summed E-state index contributed by atoms with van der Waals surface area (Å²) in [5, 5.41) is 11.1. The van der Waals surface area contributed by atoms with Crippen molar-refractivity contribution in [3.8, 4) is 0 Å². The van der Waals surface area contributed by atoms with Crippen LogP contribution >= 0.6 is 0 Å². The van der Waals surface area contributed by atoms with Crippen LogP contribution in [-0.2, 0) is 9.53 Å². The number of amides is 1. The van der Waals surface area contributed by atoms with E-state index in [1.54, 1.807) is 20.8 Å². The number of ether oxygens (including phenoxy) is 1. The number of carbonyl (C=O) groups is 2. The molecule has 17 heavy (non-hydrogen) atoms. The van der Waals surface area contributed by atoms with Gasteiger partial charge in [-0.15, -0.1) is 5.73 Å². The average molecular weight is 241 g/mol. The third-order valence-electron chi connectivity index (χ3n) is 1.69. The largest absolute Gasteiger partial charge is 0.481 e. The third-order valence-corrected chi connectivity index (χ3v) is 1.69. The van der Waals surface area contributed by atoms with Gasteiger partial charge in [-0.05, 0) is 33.3 Å². The Hall–Kier alpha value is -1.74. The lowest BCUT2D eigenvalue weighted by atomic mass is 10.1. The molecule has 0 aromatic rings. The van der Waals surface area contributed by atoms with E-state index in [-0.39, 0.29) is 12.8 Å². The summed E-state index contributed by atoms with van der Waals surface area (Å²) < 4.78 is 5.06. The lowest BCUT2D eigenvalue weighted by Crippen LogP contribution is -2.38. The Kier molecular flexibility index (Phi) is 6.07. The Morgan fingerprint density at radius 1 is 1.53 bits per heavy atom. The summed E-state index contributed by atoms with van der Waals surface area (Å²) in [6.45, 7) is 8.65. The highest BCUT2D eigenvalue weighted by atomic mass is 16.6. The monoisotopic (exact) mass is 241 g/mol. The van der Waals surface area contributed by atoms with Crippen molar-refractivity contribution in [3.63, 3.8) is 0 Å². The van der Waals surface area contributed by atoms with E-state index >= 15 is 0 Å². The topological polar surface area (TPSA) is 75.6 Å². The van der Waals surface area contributed by atoms with Crippen LogP contribution in [0.1, 0.15) is 33.6 Å². The summed E-state index contributed by atoms with van der Waals surface area (Å²) >= 11 is 0. The van der Waals surface area contributed by atoms with Crippen LogP contribution in [0, 0.1) is 0 Å². The molecule has 2 N–H and O–H groups in total. The van der Waals surface area contributed by atoms with Crippen molar-refractivity contribution < 1.29 is 19.4 Å². The van der Waals surface area contributed by atoms with Gasteiger partial charge in [0.1, 0.15) is 5.60 Å². The Labute approximate surface area is 101 Å². The predicted molar refractivity (Wildman–Crippen MR) is 63.7 cm³/mol. The van der Waals surface area contributed by atoms with Crippen LogP contribution in [0.15, 0.2) is 18.4 Å². The van der Waals surface area contributed by atoms with E-state index < -0.39 is 23.7 Å². The van der Waals surface area contributed by atoms with Crippen LogP contribution in [0.25, 0.3) is 0 Å². The van der Waals surface area contributed by atoms with Crippen molar-refractivity contribution in [1.82, 2.24) is 5.32 Å². The second-order valence-electron chi connectivity index (χ2n) is 4.56. The van der Waals surface area contributed by atoms with Gasteiger partial charge < -0.3 is 15.2 Å². The fourth-order valence-corrected chi connectivity index (χ4v) is 1.08. The van der Waals surface area contributed by atoms with Crippen molar-refractivity contribution in [2.75, 3.05) is 0 Å². The van der Waals surface area contributed by atoms with Crippen molar-refractivity contribution in [2.45, 2.75) is 45.3 Å². The molecule has 5 heteroatoms. The van der Waals surface area contributed by atoms with Gasteiger partial charge in [0.25, 0.3) is 0 Å². The van der Waals surface area contributed by atoms with Crippen molar-refractivity contribution >= 4 is 12.1 Å². The molecule has 0 aromatic carbocycles. The molecule has 0 rings (SSSR count). The van der Waals surface area contributed by atoms with Crippen molar-refractivity contribution in [3.05, 3.63) is 18.4 Å². The quantitative estimate of drug-likeness (QED) is 0.722. The summed E-state index contributed by atoms with van der Waals surface area (Å²) in [6.07, 6.45) is 1.15. The van der Waals surface area contributed by atoms with Crippen molar-refractivity contribution in [2.24, 2.45) is 0 Å². The first-order chi connectivity index (χ1) is 7.74. The smallest absolute Gasteiger partial charge is 0.408 e. The number of carboxylic acid groups (broad SMARTS) is 1. The zero-order valence-corrected chi connectivity index (χ0v) is 10.4. The van der Waals surface area contributed by atoms with Crippen LogP contribution in [0.5, 0.6) is 0 Å². The predicted octanol–water partition coefficient (Wildman–Crippen LogP) is 2.09. The van der Waals surface area contributed by atoms with Crippen molar-refractivity contribution in [1.29, 1.82) is 0 Å². The Morgan fingerprint density at radius 3 is 2.53 bits per heavy atom. The molecule has 0 aliphatic heterocycles. The number of rotatable bonds is 5. The van der Waals surface area contributed by atoms with Gasteiger partial charge in [0.15, 0.2) is 0 Å². The molecule has 0 fully saturated rings. The highest BCUT2D eigenvalue weighted by Crippen LogP contribution is 2.08. The number of aliphatic carboxylic acids is 1. The van der Waals surface area contributed by atoms with E-state index in [0.29, 0.717) is 0 Å². The number of carbonyl (C=O) groups excluding carboxylic acids is 1. The van der Waals surface area contributed by atoms with Crippen LogP contribution in [0.4, 0.5) is 4.79 Å². The first kappa shape index (κ1) is 15.3. The van der Waals surface area contributed by atoms with Crippen LogP contribution in [-0.4, -0.2) is 28.8 Å². The minimum atomic E-state index is -0.918. The zero-order valence-electron chi connectivity index (χ0n) is 10.4. The summed E-state index contributed by atoms with van der Waals surface area (Å²) in [4.78, 5) is 21.9. The maximum atomic E-state index is 11.4. The number of carboxylic acids is 1. The number of hydrogen-bond donors (Lipinski definition) is 2. The standard InChI is InChI=1S/C12H19NO4/c1-5-6-9(7-8-10(14)15)13-11(16)17-12(2,3)4/h6,9H,1,7-8H2,2-4H3,(H,13,16)(H,14,15)/t9-/m0/s1. The highest BCUT2D eigenvalue weighted by molar-refractivity contribution is 5.69. The SMILES string of the molecule is C=C=C[C@@H](CCC(=O)O)NC(=O)OC(C)(C)C. The van der Waals surface area contributed by atoms with Gasteiger partial charge >= 0.3 is 12.1 Å². The second-order valence-corrected chi connectivity index (χ2v) is 4.56. The fraction of sp³-hybridized carbons (Fsp3) is 0.583. The summed E-state index contributed by atoms with van der Waals surface area (Å²) in [5.74, 6) is -0.918. The summed E-state index contributed by atoms with van der Waals surface area (Å²) in [5.41, 5.74) is 1.94. The fourth-order valence-electron chi connectivity index (χ4n) is 1.08. The first-order valence-electron chi connectivity index (χ1n) is 5.32. The summed E-state index contributed by atoms with van der Waals surface area (Å²) in [6, 6.07) is -0.432. The maximum absolute atomic E-state index is 11.4. The first-order valence-corrected chi connectivity index (χ1v) is 5.32. The molecule has 0 heterocycles. The van der Waals surface area contributed by atoms with E-state index in [9.17, 15) is 9.59 Å². The highest BCUT2D eigenvalue weighted by Gasteiger charge is 2.18. The average Bonchev–Trinajstić information content (AvgIpc) is 2.11. The number of alkyl carbamates (subject to hydrolysis) is 1. The third kappa shape index (κ3) is 9.20. The molecule has 1 atom stereocenters. The van der Waals surface area contributed by atoms with Gasteiger partial charge in [0.05, 0.1) is 6.04 Å². The number of hydrogen-bond acceptors (Lipinski definition) is 3. The normalized spacial score (nSPS) is 12.2. The Bertz CT molecular complexity index is 324. The molecule has 0 unspecified atom stereocenters. The minimum absolute atomic E-state index is 0.0430. The molecule has 1 amide bonds. The molecule has 0 aliphatic carbocycles. The van der Waals surface area contributed by atoms with Gasteiger partial charge in [-0.25, -0.2) is 4.79 Å². The second kappa shape index (κ2) is 6.76. The molecular formula is C12H19NO4. The van der Waals surface area contributed by atoms with Gasteiger partial charge in [-0.2, -0.15) is 0 Å². The molecule has 0 aromatic heterocycles. The molecule has 96 valence electrons. The van der Waals surface area contributed by atoms with E-state index in [0.717, 1.165) is 0 Å². The van der Waals surface area contributed by atoms with Crippen LogP contribution in [0.3, 0.4) is 0 Å². The molecule has 0 radical (unpaired) electrons. The van der Waals surface area contributed by atoms with Crippen LogP contribution in [0.2, 0.25) is 0 Å². The maximum Gasteiger partial charge on any atom is 0.408 e. The lowest BCUT2D eigenvalue weighted by molar-refractivity contribution is -0.137. The molecule has 0 bridgehead atoms. The van der Waals surface area contributed by atoms with E-state index in [2.05, 4.69) is 17.6 Å². The molecule has 0 saturated carbocycles. The molecule has 0 aliphatic rings. The zero-order chi connectivity index (χ0) is 13.5. The van der Waals surface area contributed by atoms with Gasteiger partial charge in [0, 0.05) is 6.42 Å². The van der Waals surface area contributed by atoms with E-state index in [1.165, 1.54) is 6.08 Å². The molecule has 5 nitrogen and oxygen atoms in total. The van der Waals surface area contributed by atoms with Gasteiger partial charge in [0.2, 0.25) is 0 Å². The summed E-state index contributed by atoms with van der Waals surface area (Å²) in [7, 11) is 0. The minimum Gasteiger partial charge on any atom is -0.481 e. The van der Waals surface area contributed by atoms with Gasteiger partial charge in [-0.1, -0.05) is 6.58 Å². The van der Waals surface area contributed by atoms with E-state index in [1.807, 2.05) is 0 Å².